The first kappa shape index (κ1) is 15.6. The van der Waals surface area contributed by atoms with Crippen LogP contribution in [0.2, 0.25) is 0 Å². The van der Waals surface area contributed by atoms with E-state index in [1.165, 1.54) is 4.90 Å². The molecule has 0 heterocycles. The maximum absolute atomic E-state index is 12.1. The predicted octanol–water partition coefficient (Wildman–Crippen LogP) is 1.64. The Morgan fingerprint density at radius 3 is 2.55 bits per heavy atom. The number of hydrogen-bond acceptors (Lipinski definition) is 3. The van der Waals surface area contributed by atoms with Gasteiger partial charge in [0.15, 0.2) is 0 Å². The normalized spacial score (nSPS) is 9.60. The molecule has 5 heteroatoms. The fourth-order valence-corrected chi connectivity index (χ4v) is 1.61. The molecule has 0 fully saturated rings. The summed E-state index contributed by atoms with van der Waals surface area (Å²) in [7, 11) is 1.65. The minimum atomic E-state index is -0.860. The van der Waals surface area contributed by atoms with Gasteiger partial charge in [-0.3, -0.25) is 9.59 Å². The number of carbonyl (C=O) groups excluding carboxylic acids is 1. The van der Waals surface area contributed by atoms with E-state index in [2.05, 4.69) is 5.92 Å². The fraction of sp³-hybridized carbons (Fsp3) is 0.333. The van der Waals surface area contributed by atoms with E-state index >= 15 is 0 Å². The van der Waals surface area contributed by atoms with Crippen molar-refractivity contribution in [1.82, 2.24) is 4.90 Å². The number of carbonyl (C=O) groups is 2. The zero-order valence-corrected chi connectivity index (χ0v) is 11.3. The van der Waals surface area contributed by atoms with Crippen LogP contribution in [0.5, 0.6) is 5.75 Å². The van der Waals surface area contributed by atoms with Crippen LogP contribution in [0.3, 0.4) is 0 Å². The molecule has 20 heavy (non-hydrogen) atoms. The molecular weight excluding hydrogens is 258 g/mol. The highest BCUT2D eigenvalue weighted by Gasteiger charge is 2.11. The molecular formula is C15H17NO4. The van der Waals surface area contributed by atoms with Crippen molar-refractivity contribution in [1.29, 1.82) is 0 Å². The van der Waals surface area contributed by atoms with Crippen molar-refractivity contribution < 1.29 is 19.4 Å². The van der Waals surface area contributed by atoms with Crippen molar-refractivity contribution >= 4 is 11.9 Å². The van der Waals surface area contributed by atoms with E-state index in [0.717, 1.165) is 0 Å². The van der Waals surface area contributed by atoms with Gasteiger partial charge in [-0.15, -0.1) is 6.42 Å². The van der Waals surface area contributed by atoms with E-state index in [1.807, 2.05) is 0 Å². The zero-order valence-electron chi connectivity index (χ0n) is 11.3. The number of aliphatic carboxylic acids is 1. The average Bonchev–Trinajstić information content (AvgIpc) is 2.44. The van der Waals surface area contributed by atoms with Gasteiger partial charge in [-0.25, -0.2) is 0 Å². The Bertz CT molecular complexity index is 502. The number of nitrogens with zero attached hydrogens (tertiary/aromatic N) is 1. The Kier molecular flexibility index (Phi) is 6.11. The Labute approximate surface area is 118 Å². The molecule has 0 aromatic heterocycles. The summed E-state index contributed by atoms with van der Waals surface area (Å²) < 4.78 is 5.22. The van der Waals surface area contributed by atoms with Crippen molar-refractivity contribution in [2.45, 2.75) is 12.8 Å². The molecule has 0 aliphatic heterocycles. The van der Waals surface area contributed by atoms with E-state index in [-0.39, 0.29) is 18.9 Å². The SMILES string of the molecule is C#CCOc1ccc(C(=O)N(C)CCCC(=O)O)cc1. The molecule has 0 bridgehead atoms. The first-order valence-electron chi connectivity index (χ1n) is 6.18. The first-order valence-corrected chi connectivity index (χ1v) is 6.18. The number of rotatable bonds is 7. The lowest BCUT2D eigenvalue weighted by Crippen LogP contribution is -2.28. The largest absolute Gasteiger partial charge is 0.481 e. The number of ether oxygens (including phenoxy) is 1. The Balaban J connectivity index is 2.54. The van der Waals surface area contributed by atoms with Crippen LogP contribution in [0, 0.1) is 12.3 Å². The molecule has 0 aliphatic rings. The van der Waals surface area contributed by atoms with Crippen LogP contribution in [0.15, 0.2) is 24.3 Å². The third-order valence-corrected chi connectivity index (χ3v) is 2.65. The molecule has 0 radical (unpaired) electrons. The number of carboxylic acids is 1. The maximum atomic E-state index is 12.1. The van der Waals surface area contributed by atoms with Crippen LogP contribution in [0.4, 0.5) is 0 Å². The summed E-state index contributed by atoms with van der Waals surface area (Å²) in [6.45, 7) is 0.586. The Hall–Kier alpha value is -2.48. The maximum Gasteiger partial charge on any atom is 0.303 e. The van der Waals surface area contributed by atoms with E-state index in [9.17, 15) is 9.59 Å². The third kappa shape index (κ3) is 5.02. The van der Waals surface area contributed by atoms with Crippen LogP contribution < -0.4 is 4.74 Å². The number of terminal acetylenes is 1. The second-order valence-electron chi connectivity index (χ2n) is 4.24. The van der Waals surface area contributed by atoms with Crippen LogP contribution in [0.1, 0.15) is 23.2 Å². The molecule has 0 aliphatic carbocycles. The van der Waals surface area contributed by atoms with Crippen molar-refractivity contribution in [3.8, 4) is 18.1 Å². The van der Waals surface area contributed by atoms with Crippen molar-refractivity contribution in [3.63, 3.8) is 0 Å². The van der Waals surface area contributed by atoms with Crippen molar-refractivity contribution in [2.75, 3.05) is 20.2 Å². The number of carboxylic acid groups (broad SMARTS) is 1. The number of amides is 1. The molecule has 0 atom stereocenters. The molecule has 0 unspecified atom stereocenters. The molecule has 0 saturated carbocycles. The molecule has 1 aromatic carbocycles. The smallest absolute Gasteiger partial charge is 0.303 e. The third-order valence-electron chi connectivity index (χ3n) is 2.65. The molecule has 5 nitrogen and oxygen atoms in total. The molecule has 1 N–H and O–H groups in total. The summed E-state index contributed by atoms with van der Waals surface area (Å²) in [6.07, 6.45) is 5.57. The molecule has 0 spiro atoms. The zero-order chi connectivity index (χ0) is 15.0. The molecule has 1 aromatic rings. The Morgan fingerprint density at radius 1 is 1.35 bits per heavy atom. The monoisotopic (exact) mass is 275 g/mol. The number of hydrogen-bond donors (Lipinski definition) is 1. The molecule has 1 amide bonds. The van der Waals surface area contributed by atoms with Gasteiger partial charge in [0.25, 0.3) is 5.91 Å². The topological polar surface area (TPSA) is 66.8 Å². The first-order chi connectivity index (χ1) is 9.54. The van der Waals surface area contributed by atoms with E-state index in [4.69, 9.17) is 16.3 Å². The molecule has 0 saturated heterocycles. The summed E-state index contributed by atoms with van der Waals surface area (Å²) in [5, 5.41) is 8.55. The molecule has 106 valence electrons. The van der Waals surface area contributed by atoms with Crippen LogP contribution in [-0.4, -0.2) is 42.1 Å². The van der Waals surface area contributed by atoms with Gasteiger partial charge in [-0.05, 0) is 30.7 Å². The fourth-order valence-electron chi connectivity index (χ4n) is 1.61. The lowest BCUT2D eigenvalue weighted by atomic mass is 10.2. The van der Waals surface area contributed by atoms with Gasteiger partial charge >= 0.3 is 5.97 Å². The van der Waals surface area contributed by atoms with Gasteiger partial charge in [0.2, 0.25) is 0 Å². The highest BCUT2D eigenvalue weighted by molar-refractivity contribution is 5.94. The van der Waals surface area contributed by atoms with Crippen LogP contribution in [-0.2, 0) is 4.79 Å². The van der Waals surface area contributed by atoms with E-state index in [1.54, 1.807) is 31.3 Å². The van der Waals surface area contributed by atoms with E-state index in [0.29, 0.717) is 24.3 Å². The van der Waals surface area contributed by atoms with Gasteiger partial charge in [0, 0.05) is 25.6 Å². The highest BCUT2D eigenvalue weighted by atomic mass is 16.5. The minimum absolute atomic E-state index is 0.0521. The second kappa shape index (κ2) is 7.85. The molecule has 1 rings (SSSR count). The summed E-state index contributed by atoms with van der Waals surface area (Å²) in [6, 6.07) is 6.66. The quantitative estimate of drug-likeness (QED) is 0.768. The lowest BCUT2D eigenvalue weighted by Gasteiger charge is -2.16. The second-order valence-corrected chi connectivity index (χ2v) is 4.24. The van der Waals surface area contributed by atoms with Crippen LogP contribution in [0.25, 0.3) is 0 Å². The van der Waals surface area contributed by atoms with Gasteiger partial charge in [0.05, 0.1) is 0 Å². The predicted molar refractivity (Wildman–Crippen MR) is 74.6 cm³/mol. The minimum Gasteiger partial charge on any atom is -0.481 e. The summed E-state index contributed by atoms with van der Waals surface area (Å²) in [5.41, 5.74) is 0.524. The van der Waals surface area contributed by atoms with Crippen molar-refractivity contribution in [2.24, 2.45) is 0 Å². The van der Waals surface area contributed by atoms with Crippen LogP contribution >= 0.6 is 0 Å². The average molecular weight is 275 g/mol. The van der Waals surface area contributed by atoms with Gasteiger partial charge in [0.1, 0.15) is 12.4 Å². The van der Waals surface area contributed by atoms with Gasteiger partial charge in [-0.2, -0.15) is 0 Å². The lowest BCUT2D eigenvalue weighted by molar-refractivity contribution is -0.137. The summed E-state index contributed by atoms with van der Waals surface area (Å²) >= 11 is 0. The Morgan fingerprint density at radius 2 is 2.00 bits per heavy atom. The van der Waals surface area contributed by atoms with Crippen molar-refractivity contribution in [3.05, 3.63) is 29.8 Å². The van der Waals surface area contributed by atoms with E-state index < -0.39 is 5.97 Å². The van der Waals surface area contributed by atoms with Gasteiger partial charge < -0.3 is 14.7 Å². The summed E-state index contributed by atoms with van der Waals surface area (Å²) in [5.74, 6) is 1.95. The standard InChI is InChI=1S/C15H17NO4/c1-3-11-20-13-8-6-12(7-9-13)15(19)16(2)10-4-5-14(17)18/h1,6-9H,4-5,10-11H2,2H3,(H,17,18). The van der Waals surface area contributed by atoms with Gasteiger partial charge in [-0.1, -0.05) is 5.92 Å². The highest BCUT2D eigenvalue weighted by Crippen LogP contribution is 2.13. The summed E-state index contributed by atoms with van der Waals surface area (Å²) in [4.78, 5) is 24.0. The number of benzene rings is 1.